The second-order valence-corrected chi connectivity index (χ2v) is 6.25. The number of imidazole rings is 1. The van der Waals surface area contributed by atoms with E-state index in [0.29, 0.717) is 12.3 Å². The predicted molar refractivity (Wildman–Crippen MR) is 78.6 cm³/mol. The van der Waals surface area contributed by atoms with Gasteiger partial charge in [-0.2, -0.15) is 0 Å². The third kappa shape index (κ3) is 2.96. The molecule has 1 heterocycles. The molecule has 106 valence electrons. The van der Waals surface area contributed by atoms with Gasteiger partial charge in [0.05, 0.1) is 23.4 Å². The van der Waals surface area contributed by atoms with Crippen molar-refractivity contribution in [2.75, 3.05) is 18.9 Å². The van der Waals surface area contributed by atoms with E-state index in [4.69, 9.17) is 0 Å². The van der Waals surface area contributed by atoms with Crippen molar-refractivity contribution >= 4 is 28.7 Å². The van der Waals surface area contributed by atoms with Gasteiger partial charge in [0.25, 0.3) is 0 Å². The van der Waals surface area contributed by atoms with Gasteiger partial charge in [0.1, 0.15) is 0 Å². The van der Waals surface area contributed by atoms with Gasteiger partial charge in [-0.3, -0.25) is 4.79 Å². The Balaban J connectivity index is 1.50. The van der Waals surface area contributed by atoms with Crippen LogP contribution in [0.3, 0.4) is 0 Å². The summed E-state index contributed by atoms with van der Waals surface area (Å²) in [5, 5.41) is 12.8. The molecule has 0 atom stereocenters. The number of nitrogens with one attached hydrogen (secondary N) is 2. The Morgan fingerprint density at radius 3 is 2.95 bits per heavy atom. The van der Waals surface area contributed by atoms with Crippen LogP contribution in [-0.2, 0) is 4.79 Å². The van der Waals surface area contributed by atoms with Gasteiger partial charge in [-0.1, -0.05) is 23.9 Å². The number of thioether (sulfide) groups is 1. The number of carbonyl (C=O) groups excluding carboxylic acids is 1. The summed E-state index contributed by atoms with van der Waals surface area (Å²) in [6.07, 6.45) is 2.00. The Labute approximate surface area is 121 Å². The number of hydrogen-bond acceptors (Lipinski definition) is 4. The van der Waals surface area contributed by atoms with Crippen molar-refractivity contribution in [3.63, 3.8) is 0 Å². The molecule has 0 unspecified atom stereocenters. The lowest BCUT2D eigenvalue weighted by molar-refractivity contribution is -0.118. The van der Waals surface area contributed by atoms with Crippen molar-refractivity contribution in [3.8, 4) is 0 Å². The van der Waals surface area contributed by atoms with Crippen molar-refractivity contribution in [2.24, 2.45) is 5.41 Å². The molecule has 0 spiro atoms. The number of rotatable bonds is 6. The number of H-pyrrole nitrogens is 1. The van der Waals surface area contributed by atoms with Crippen LogP contribution in [0.2, 0.25) is 0 Å². The van der Waals surface area contributed by atoms with Crippen LogP contribution >= 0.6 is 11.8 Å². The summed E-state index contributed by atoms with van der Waals surface area (Å²) in [4.78, 5) is 19.4. The van der Waals surface area contributed by atoms with Gasteiger partial charge >= 0.3 is 0 Å². The molecule has 0 saturated heterocycles. The minimum atomic E-state index is -0.0420. The minimum absolute atomic E-state index is 0.0184. The number of nitrogens with zero attached hydrogens (tertiary/aromatic N) is 1. The second-order valence-electron chi connectivity index (χ2n) is 5.28. The number of aromatic amines is 1. The monoisotopic (exact) mass is 291 g/mol. The topological polar surface area (TPSA) is 78.0 Å². The Morgan fingerprint density at radius 1 is 1.45 bits per heavy atom. The smallest absolute Gasteiger partial charge is 0.230 e. The van der Waals surface area contributed by atoms with E-state index < -0.39 is 0 Å². The van der Waals surface area contributed by atoms with Crippen molar-refractivity contribution in [1.29, 1.82) is 0 Å². The second kappa shape index (κ2) is 5.46. The number of aliphatic hydroxyl groups is 1. The summed E-state index contributed by atoms with van der Waals surface area (Å²) in [6, 6.07) is 7.79. The van der Waals surface area contributed by atoms with E-state index in [9.17, 15) is 9.90 Å². The number of hydrogen-bond donors (Lipinski definition) is 3. The molecule has 0 radical (unpaired) electrons. The highest BCUT2D eigenvalue weighted by molar-refractivity contribution is 7.99. The highest BCUT2D eigenvalue weighted by atomic mass is 32.2. The predicted octanol–water partition coefficient (Wildman–Crippen LogP) is 1.54. The standard InChI is InChI=1S/C14H17N3O2S/c18-9-14(5-6-14)8-15-12(19)7-20-13-16-10-3-1-2-4-11(10)17-13/h1-4,18H,5-9H2,(H,15,19)(H,16,17). The summed E-state index contributed by atoms with van der Waals surface area (Å²) >= 11 is 1.39. The summed E-state index contributed by atoms with van der Waals surface area (Å²) < 4.78 is 0. The lowest BCUT2D eigenvalue weighted by Crippen LogP contribution is -2.32. The van der Waals surface area contributed by atoms with E-state index >= 15 is 0 Å². The van der Waals surface area contributed by atoms with Gasteiger partial charge in [-0.15, -0.1) is 0 Å². The van der Waals surface area contributed by atoms with Crippen LogP contribution in [0.4, 0.5) is 0 Å². The van der Waals surface area contributed by atoms with Crippen LogP contribution < -0.4 is 5.32 Å². The molecule has 0 aliphatic heterocycles. The molecule has 2 aromatic rings. The van der Waals surface area contributed by atoms with Crippen LogP contribution in [0.5, 0.6) is 0 Å². The van der Waals surface area contributed by atoms with Gasteiger partial charge in [-0.25, -0.2) is 4.98 Å². The van der Waals surface area contributed by atoms with E-state index in [0.717, 1.165) is 29.0 Å². The molecule has 1 fully saturated rings. The first kappa shape index (κ1) is 13.5. The van der Waals surface area contributed by atoms with Gasteiger partial charge < -0.3 is 15.4 Å². The number of fused-ring (bicyclic) bond motifs is 1. The maximum atomic E-state index is 11.8. The number of amides is 1. The third-order valence-electron chi connectivity index (χ3n) is 3.66. The zero-order valence-corrected chi connectivity index (χ0v) is 11.9. The van der Waals surface area contributed by atoms with Gasteiger partial charge in [0.15, 0.2) is 5.16 Å². The first-order chi connectivity index (χ1) is 9.71. The van der Waals surface area contributed by atoms with E-state index in [1.807, 2.05) is 24.3 Å². The van der Waals surface area contributed by atoms with E-state index in [-0.39, 0.29) is 17.9 Å². The Morgan fingerprint density at radius 2 is 2.25 bits per heavy atom. The number of aliphatic hydroxyl groups excluding tert-OH is 1. The summed E-state index contributed by atoms with van der Waals surface area (Å²) in [5.74, 6) is 0.316. The SMILES string of the molecule is O=C(CSc1nc2ccccc2[nH]1)NCC1(CO)CC1. The summed E-state index contributed by atoms with van der Waals surface area (Å²) in [7, 11) is 0. The highest BCUT2D eigenvalue weighted by Gasteiger charge is 2.41. The summed E-state index contributed by atoms with van der Waals surface area (Å²) in [5.41, 5.74) is 1.85. The Kier molecular flexibility index (Phi) is 3.67. The first-order valence-electron chi connectivity index (χ1n) is 6.66. The fraction of sp³-hybridized carbons (Fsp3) is 0.429. The molecule has 0 bridgehead atoms. The van der Waals surface area contributed by atoms with Crippen LogP contribution in [0.15, 0.2) is 29.4 Å². The minimum Gasteiger partial charge on any atom is -0.396 e. The molecule has 20 heavy (non-hydrogen) atoms. The number of para-hydroxylation sites is 2. The quantitative estimate of drug-likeness (QED) is 0.706. The summed E-state index contributed by atoms with van der Waals surface area (Å²) in [6.45, 7) is 0.729. The van der Waals surface area contributed by atoms with Crippen LogP contribution in [0.1, 0.15) is 12.8 Å². The molecular weight excluding hydrogens is 274 g/mol. The molecule has 3 rings (SSSR count). The van der Waals surface area contributed by atoms with E-state index in [1.54, 1.807) is 0 Å². The molecule has 6 heteroatoms. The lowest BCUT2D eigenvalue weighted by atomic mass is 10.1. The first-order valence-corrected chi connectivity index (χ1v) is 7.64. The molecule has 1 amide bonds. The van der Waals surface area contributed by atoms with Crippen LogP contribution in [-0.4, -0.2) is 39.9 Å². The average molecular weight is 291 g/mol. The van der Waals surface area contributed by atoms with Crippen molar-refractivity contribution < 1.29 is 9.90 Å². The lowest BCUT2D eigenvalue weighted by Gasteiger charge is -2.12. The molecule has 1 aromatic heterocycles. The van der Waals surface area contributed by atoms with Gasteiger partial charge in [0, 0.05) is 12.0 Å². The molecular formula is C14H17N3O2S. The third-order valence-corrected chi connectivity index (χ3v) is 4.53. The number of carbonyl (C=O) groups is 1. The molecule has 1 aliphatic rings. The molecule has 1 aromatic carbocycles. The van der Waals surface area contributed by atoms with E-state index in [1.165, 1.54) is 11.8 Å². The maximum absolute atomic E-state index is 11.8. The van der Waals surface area contributed by atoms with Gasteiger partial charge in [0.2, 0.25) is 5.91 Å². The highest BCUT2D eigenvalue weighted by Crippen LogP contribution is 2.44. The molecule has 1 aliphatic carbocycles. The normalized spacial score (nSPS) is 16.2. The Bertz CT molecular complexity index is 589. The molecule has 1 saturated carbocycles. The largest absolute Gasteiger partial charge is 0.396 e. The average Bonchev–Trinajstić information content (AvgIpc) is 3.14. The van der Waals surface area contributed by atoms with Crippen molar-refractivity contribution in [3.05, 3.63) is 24.3 Å². The maximum Gasteiger partial charge on any atom is 0.230 e. The molecule has 3 N–H and O–H groups in total. The van der Waals surface area contributed by atoms with Crippen LogP contribution in [0, 0.1) is 5.41 Å². The van der Waals surface area contributed by atoms with Gasteiger partial charge in [-0.05, 0) is 25.0 Å². The van der Waals surface area contributed by atoms with Crippen LogP contribution in [0.25, 0.3) is 11.0 Å². The van der Waals surface area contributed by atoms with E-state index in [2.05, 4.69) is 15.3 Å². The Hall–Kier alpha value is -1.53. The zero-order chi connectivity index (χ0) is 14.0. The van der Waals surface area contributed by atoms with Crippen molar-refractivity contribution in [1.82, 2.24) is 15.3 Å². The van der Waals surface area contributed by atoms with Crippen molar-refractivity contribution in [2.45, 2.75) is 18.0 Å². The number of benzene rings is 1. The fourth-order valence-electron chi connectivity index (χ4n) is 2.04. The number of aromatic nitrogens is 2. The fourth-order valence-corrected chi connectivity index (χ4v) is 2.75. The zero-order valence-electron chi connectivity index (χ0n) is 11.1. The molecule has 5 nitrogen and oxygen atoms in total.